The van der Waals surface area contributed by atoms with Crippen molar-refractivity contribution in [2.45, 2.75) is 25.0 Å². The van der Waals surface area contributed by atoms with Crippen LogP contribution in [0, 0.1) is 5.92 Å². The lowest BCUT2D eigenvalue weighted by Gasteiger charge is -2.20. The Hall–Kier alpha value is -0.660. The van der Waals surface area contributed by atoms with Crippen molar-refractivity contribution < 1.29 is 17.9 Å². The standard InChI is InChI=1S/C12H22N2O4S/c1-10(15)13-5-3-11-9-14(7-8-18-2)19(16,17)12(11)4-6-13/h11-12H,3-9H2,1-2H3/t11-,12-/m1/s1. The molecule has 2 saturated heterocycles. The Bertz CT molecular complexity index is 437. The van der Waals surface area contributed by atoms with Crippen molar-refractivity contribution in [2.75, 3.05) is 39.9 Å². The van der Waals surface area contributed by atoms with E-state index in [9.17, 15) is 13.2 Å². The minimum Gasteiger partial charge on any atom is -0.383 e. The summed E-state index contributed by atoms with van der Waals surface area (Å²) in [5.74, 6) is 0.180. The van der Waals surface area contributed by atoms with E-state index in [1.54, 1.807) is 23.2 Å². The SMILES string of the molecule is COCCN1C[C@H]2CCN(C(C)=O)CC[C@H]2S1(=O)=O. The lowest BCUT2D eigenvalue weighted by Crippen LogP contribution is -2.35. The molecule has 2 fully saturated rings. The Morgan fingerprint density at radius 3 is 2.63 bits per heavy atom. The van der Waals surface area contributed by atoms with Crippen molar-refractivity contribution in [3.05, 3.63) is 0 Å². The number of sulfonamides is 1. The number of fused-ring (bicyclic) bond motifs is 1. The van der Waals surface area contributed by atoms with Crippen molar-refractivity contribution in [1.29, 1.82) is 0 Å². The zero-order valence-corrected chi connectivity index (χ0v) is 12.4. The van der Waals surface area contributed by atoms with Crippen LogP contribution in [0.1, 0.15) is 19.8 Å². The number of hydrogen-bond acceptors (Lipinski definition) is 4. The zero-order chi connectivity index (χ0) is 14.0. The molecule has 19 heavy (non-hydrogen) atoms. The van der Waals surface area contributed by atoms with Gasteiger partial charge < -0.3 is 9.64 Å². The fraction of sp³-hybridized carbons (Fsp3) is 0.917. The van der Waals surface area contributed by atoms with E-state index in [1.165, 1.54) is 0 Å². The van der Waals surface area contributed by atoms with Crippen LogP contribution in [0.4, 0.5) is 0 Å². The molecule has 0 aromatic rings. The molecular weight excluding hydrogens is 268 g/mol. The van der Waals surface area contributed by atoms with Crippen molar-refractivity contribution in [2.24, 2.45) is 5.92 Å². The zero-order valence-electron chi connectivity index (χ0n) is 11.5. The predicted molar refractivity (Wildman–Crippen MR) is 71.1 cm³/mol. The largest absolute Gasteiger partial charge is 0.383 e. The van der Waals surface area contributed by atoms with Crippen molar-refractivity contribution in [1.82, 2.24) is 9.21 Å². The minimum atomic E-state index is -3.22. The summed E-state index contributed by atoms with van der Waals surface area (Å²) in [4.78, 5) is 13.1. The fourth-order valence-electron chi connectivity index (χ4n) is 3.02. The molecule has 6 nitrogen and oxygen atoms in total. The fourth-order valence-corrected chi connectivity index (χ4v) is 5.25. The molecule has 1 amide bonds. The number of nitrogens with zero attached hydrogens (tertiary/aromatic N) is 2. The topological polar surface area (TPSA) is 66.9 Å². The van der Waals surface area contributed by atoms with Gasteiger partial charge in [0.2, 0.25) is 15.9 Å². The highest BCUT2D eigenvalue weighted by Crippen LogP contribution is 2.33. The van der Waals surface area contributed by atoms with Crippen LogP contribution in [-0.2, 0) is 19.6 Å². The maximum atomic E-state index is 12.4. The van der Waals surface area contributed by atoms with Crippen LogP contribution in [0.25, 0.3) is 0 Å². The van der Waals surface area contributed by atoms with Gasteiger partial charge in [0.1, 0.15) is 0 Å². The van der Waals surface area contributed by atoms with Gasteiger partial charge in [0.05, 0.1) is 11.9 Å². The Morgan fingerprint density at radius 1 is 1.32 bits per heavy atom. The molecule has 2 rings (SSSR count). The summed E-state index contributed by atoms with van der Waals surface area (Å²) >= 11 is 0. The molecule has 0 aromatic heterocycles. The molecule has 0 spiro atoms. The van der Waals surface area contributed by atoms with Gasteiger partial charge in [-0.1, -0.05) is 0 Å². The minimum absolute atomic E-state index is 0.0358. The molecule has 0 aromatic carbocycles. The number of carbonyl (C=O) groups is 1. The van der Waals surface area contributed by atoms with E-state index in [0.29, 0.717) is 39.2 Å². The first-order valence-corrected chi connectivity index (χ1v) is 8.20. The molecule has 0 N–H and O–H groups in total. The summed E-state index contributed by atoms with van der Waals surface area (Å²) in [6, 6.07) is 0. The second-order valence-electron chi connectivity index (χ2n) is 5.28. The van der Waals surface area contributed by atoms with Gasteiger partial charge in [0, 0.05) is 40.2 Å². The molecule has 0 unspecified atom stereocenters. The second-order valence-corrected chi connectivity index (χ2v) is 7.43. The number of rotatable bonds is 3. The van der Waals surface area contributed by atoms with E-state index in [-0.39, 0.29) is 17.1 Å². The summed E-state index contributed by atoms with van der Waals surface area (Å²) < 4.78 is 31.4. The van der Waals surface area contributed by atoms with Crippen molar-refractivity contribution in [3.63, 3.8) is 0 Å². The first-order chi connectivity index (χ1) is 8.96. The Balaban J connectivity index is 2.08. The van der Waals surface area contributed by atoms with E-state index in [0.717, 1.165) is 6.42 Å². The predicted octanol–water partition coefficient (Wildman–Crippen LogP) is -0.0947. The highest BCUT2D eigenvalue weighted by molar-refractivity contribution is 7.90. The number of hydrogen-bond donors (Lipinski definition) is 0. The molecule has 2 atom stereocenters. The van der Waals surface area contributed by atoms with Gasteiger partial charge in [-0.15, -0.1) is 0 Å². The first kappa shape index (κ1) is 14.7. The molecule has 0 aliphatic carbocycles. The van der Waals surface area contributed by atoms with Crippen molar-refractivity contribution >= 4 is 15.9 Å². The van der Waals surface area contributed by atoms with Crippen LogP contribution in [0.3, 0.4) is 0 Å². The monoisotopic (exact) mass is 290 g/mol. The van der Waals surface area contributed by atoms with Crippen LogP contribution < -0.4 is 0 Å². The number of ether oxygens (including phenoxy) is 1. The average Bonchev–Trinajstić information content (AvgIpc) is 2.53. The van der Waals surface area contributed by atoms with Gasteiger partial charge in [0.15, 0.2) is 0 Å². The highest BCUT2D eigenvalue weighted by atomic mass is 32.2. The van der Waals surface area contributed by atoms with Gasteiger partial charge in [0.25, 0.3) is 0 Å². The summed E-state index contributed by atoms with van der Waals surface area (Å²) in [7, 11) is -1.64. The van der Waals surface area contributed by atoms with E-state index in [4.69, 9.17) is 4.74 Å². The third-order valence-corrected chi connectivity index (χ3v) is 6.59. The molecule has 2 heterocycles. The summed E-state index contributed by atoms with van der Waals surface area (Å²) in [5, 5.41) is -0.325. The second kappa shape index (κ2) is 5.76. The lowest BCUT2D eigenvalue weighted by atomic mass is 10.0. The normalized spacial score (nSPS) is 30.9. The van der Waals surface area contributed by atoms with Gasteiger partial charge in [-0.3, -0.25) is 4.79 Å². The summed E-state index contributed by atoms with van der Waals surface area (Å²) in [5.41, 5.74) is 0. The van der Waals surface area contributed by atoms with E-state index in [2.05, 4.69) is 0 Å². The quantitative estimate of drug-likeness (QED) is 0.728. The lowest BCUT2D eigenvalue weighted by molar-refractivity contribution is -0.128. The van der Waals surface area contributed by atoms with E-state index in [1.807, 2.05) is 0 Å². The van der Waals surface area contributed by atoms with Crippen LogP contribution in [-0.4, -0.2) is 68.7 Å². The number of amides is 1. The highest BCUT2D eigenvalue weighted by Gasteiger charge is 2.46. The molecule has 0 radical (unpaired) electrons. The Morgan fingerprint density at radius 2 is 2.00 bits per heavy atom. The Labute approximate surface area is 114 Å². The van der Waals surface area contributed by atoms with Crippen LogP contribution in [0.5, 0.6) is 0 Å². The number of methoxy groups -OCH3 is 1. The average molecular weight is 290 g/mol. The maximum Gasteiger partial charge on any atom is 0.219 e. The molecule has 2 aliphatic rings. The van der Waals surface area contributed by atoms with Gasteiger partial charge in [-0.2, -0.15) is 4.31 Å². The molecule has 110 valence electrons. The maximum absolute atomic E-state index is 12.4. The van der Waals surface area contributed by atoms with Crippen LogP contribution in [0.2, 0.25) is 0 Å². The van der Waals surface area contributed by atoms with Gasteiger partial charge >= 0.3 is 0 Å². The van der Waals surface area contributed by atoms with Crippen molar-refractivity contribution in [3.8, 4) is 0 Å². The third kappa shape index (κ3) is 2.93. The first-order valence-electron chi connectivity index (χ1n) is 6.70. The number of likely N-dealkylation sites (tertiary alicyclic amines) is 1. The van der Waals surface area contributed by atoms with E-state index >= 15 is 0 Å². The Kier molecular flexibility index (Phi) is 4.47. The third-order valence-electron chi connectivity index (χ3n) is 4.15. The van der Waals surface area contributed by atoms with Gasteiger partial charge in [-0.25, -0.2) is 8.42 Å². The smallest absolute Gasteiger partial charge is 0.219 e. The summed E-state index contributed by atoms with van der Waals surface area (Å²) in [6.07, 6.45) is 1.32. The molecule has 0 bridgehead atoms. The van der Waals surface area contributed by atoms with E-state index < -0.39 is 10.0 Å². The van der Waals surface area contributed by atoms with Crippen LogP contribution in [0.15, 0.2) is 0 Å². The number of carbonyl (C=O) groups excluding carboxylic acids is 1. The molecule has 2 aliphatic heterocycles. The molecule has 0 saturated carbocycles. The van der Waals surface area contributed by atoms with Crippen LogP contribution >= 0.6 is 0 Å². The van der Waals surface area contributed by atoms with Gasteiger partial charge in [-0.05, 0) is 18.8 Å². The summed E-state index contributed by atoms with van der Waals surface area (Å²) in [6.45, 7) is 4.20. The molecule has 7 heteroatoms. The molecular formula is C12H22N2O4S.